The van der Waals surface area contributed by atoms with E-state index in [9.17, 15) is 9.90 Å². The Hall–Kier alpha value is -2.56. The molecule has 6 rings (SSSR count). The standard InChI is InChI=1S/C22H24N2O3/c23-18-5-1-4-17(19(18)25)21-8-14-7-15(9-21)11-22(10-14,13-21)20(26)27-16-3-2-6-24-12-16/h1-6,12,14-15,25H,7-11,13,23H2. The van der Waals surface area contributed by atoms with Crippen molar-refractivity contribution in [1.29, 1.82) is 0 Å². The Balaban J connectivity index is 1.52. The van der Waals surface area contributed by atoms with E-state index in [0.717, 1.165) is 37.7 Å². The lowest BCUT2D eigenvalue weighted by atomic mass is 9.43. The molecule has 2 aromatic rings. The van der Waals surface area contributed by atoms with Crippen molar-refractivity contribution in [3.05, 3.63) is 48.3 Å². The number of carbonyl (C=O) groups is 1. The number of ether oxygens (including phenoxy) is 1. The fourth-order valence-electron chi connectivity index (χ4n) is 6.43. The quantitative estimate of drug-likeness (QED) is 0.491. The minimum absolute atomic E-state index is 0.141. The monoisotopic (exact) mass is 364 g/mol. The minimum atomic E-state index is -0.475. The smallest absolute Gasteiger partial charge is 0.317 e. The van der Waals surface area contributed by atoms with E-state index in [-0.39, 0.29) is 17.1 Å². The van der Waals surface area contributed by atoms with Crippen molar-refractivity contribution in [2.75, 3.05) is 5.73 Å². The lowest BCUT2D eigenvalue weighted by molar-refractivity contribution is -0.164. The number of anilines is 1. The average Bonchev–Trinajstić information content (AvgIpc) is 2.63. The van der Waals surface area contributed by atoms with Gasteiger partial charge < -0.3 is 15.6 Å². The Morgan fingerprint density at radius 3 is 2.63 bits per heavy atom. The molecule has 4 saturated carbocycles. The lowest BCUT2D eigenvalue weighted by Crippen LogP contribution is -2.57. The fourth-order valence-corrected chi connectivity index (χ4v) is 6.43. The van der Waals surface area contributed by atoms with Crippen molar-refractivity contribution < 1.29 is 14.6 Å². The number of pyridine rings is 1. The first-order valence-electron chi connectivity index (χ1n) is 9.70. The number of hydrogen-bond donors (Lipinski definition) is 2. The Morgan fingerprint density at radius 1 is 1.15 bits per heavy atom. The Bertz CT molecular complexity index is 882. The summed E-state index contributed by atoms with van der Waals surface area (Å²) in [6.45, 7) is 0. The Labute approximate surface area is 158 Å². The van der Waals surface area contributed by atoms with Gasteiger partial charge in [0, 0.05) is 17.2 Å². The van der Waals surface area contributed by atoms with Gasteiger partial charge in [-0.3, -0.25) is 9.78 Å². The molecule has 140 valence electrons. The number of para-hydroxylation sites is 1. The van der Waals surface area contributed by atoms with Gasteiger partial charge in [-0.15, -0.1) is 0 Å². The molecule has 0 saturated heterocycles. The minimum Gasteiger partial charge on any atom is -0.505 e. The third-order valence-corrected chi connectivity index (χ3v) is 6.98. The largest absolute Gasteiger partial charge is 0.505 e. The lowest BCUT2D eigenvalue weighted by Gasteiger charge is -2.61. The number of nitrogens with zero attached hydrogens (tertiary/aromatic N) is 1. The van der Waals surface area contributed by atoms with E-state index in [1.165, 1.54) is 6.42 Å². The van der Waals surface area contributed by atoms with Gasteiger partial charge in [-0.1, -0.05) is 12.1 Å². The molecule has 1 heterocycles. The van der Waals surface area contributed by atoms with Crippen LogP contribution in [0, 0.1) is 17.3 Å². The fraction of sp³-hybridized carbons (Fsp3) is 0.455. The van der Waals surface area contributed by atoms with E-state index >= 15 is 0 Å². The highest BCUT2D eigenvalue weighted by atomic mass is 16.5. The van der Waals surface area contributed by atoms with Gasteiger partial charge in [-0.25, -0.2) is 0 Å². The molecule has 3 N–H and O–H groups in total. The summed E-state index contributed by atoms with van der Waals surface area (Å²) in [5.41, 5.74) is 6.65. The van der Waals surface area contributed by atoms with Crippen LogP contribution in [0.3, 0.4) is 0 Å². The van der Waals surface area contributed by atoms with Crippen molar-refractivity contribution in [2.24, 2.45) is 17.3 Å². The van der Waals surface area contributed by atoms with Crippen molar-refractivity contribution in [3.63, 3.8) is 0 Å². The predicted molar refractivity (Wildman–Crippen MR) is 101 cm³/mol. The summed E-state index contributed by atoms with van der Waals surface area (Å²) in [4.78, 5) is 17.3. The Morgan fingerprint density at radius 2 is 1.93 bits per heavy atom. The number of aromatic nitrogens is 1. The zero-order valence-electron chi connectivity index (χ0n) is 15.2. The molecule has 2 atom stereocenters. The zero-order chi connectivity index (χ0) is 18.6. The Kier molecular flexibility index (Phi) is 3.51. The number of phenols is 1. The van der Waals surface area contributed by atoms with Crippen molar-refractivity contribution in [1.82, 2.24) is 4.98 Å². The first-order chi connectivity index (χ1) is 13.0. The number of hydrogen-bond acceptors (Lipinski definition) is 5. The summed E-state index contributed by atoms with van der Waals surface area (Å²) in [7, 11) is 0. The van der Waals surface area contributed by atoms with Gasteiger partial charge in [0.2, 0.25) is 0 Å². The highest BCUT2D eigenvalue weighted by Gasteiger charge is 2.62. The third-order valence-electron chi connectivity index (χ3n) is 6.98. The number of esters is 1. The number of benzene rings is 1. The second-order valence-electron chi connectivity index (χ2n) is 8.84. The number of nitrogen functional groups attached to an aromatic ring is 1. The van der Waals surface area contributed by atoms with Crippen LogP contribution in [0.4, 0.5) is 5.69 Å². The van der Waals surface area contributed by atoms with Gasteiger partial charge in [0.25, 0.3) is 0 Å². The van der Waals surface area contributed by atoms with Gasteiger partial charge in [0.1, 0.15) is 11.5 Å². The molecule has 0 spiro atoms. The number of aromatic hydroxyl groups is 1. The maximum atomic E-state index is 13.3. The van der Waals surface area contributed by atoms with Crippen LogP contribution in [0.1, 0.15) is 44.1 Å². The molecule has 4 bridgehead atoms. The number of rotatable bonds is 3. The summed E-state index contributed by atoms with van der Waals surface area (Å²) in [5.74, 6) is 1.54. The molecule has 4 aliphatic carbocycles. The highest BCUT2D eigenvalue weighted by molar-refractivity contribution is 5.80. The van der Waals surface area contributed by atoms with E-state index in [2.05, 4.69) is 4.98 Å². The maximum Gasteiger partial charge on any atom is 0.317 e. The molecule has 5 nitrogen and oxygen atoms in total. The first kappa shape index (κ1) is 16.6. The highest BCUT2D eigenvalue weighted by Crippen LogP contribution is 2.67. The summed E-state index contributed by atoms with van der Waals surface area (Å²) >= 11 is 0. The molecule has 0 radical (unpaired) electrons. The van der Waals surface area contributed by atoms with E-state index in [4.69, 9.17) is 10.5 Å². The topological polar surface area (TPSA) is 85.4 Å². The molecule has 27 heavy (non-hydrogen) atoms. The van der Waals surface area contributed by atoms with E-state index in [0.29, 0.717) is 23.3 Å². The maximum absolute atomic E-state index is 13.3. The molecule has 4 fully saturated rings. The number of nitrogens with two attached hydrogens (primary N) is 1. The van der Waals surface area contributed by atoms with Crippen LogP contribution in [-0.2, 0) is 10.2 Å². The van der Waals surface area contributed by atoms with Gasteiger partial charge >= 0.3 is 5.97 Å². The van der Waals surface area contributed by atoms with E-state index in [1.54, 1.807) is 30.6 Å². The second kappa shape index (κ2) is 5.72. The molecule has 5 heteroatoms. The van der Waals surface area contributed by atoms with Gasteiger partial charge in [-0.05, 0) is 68.6 Å². The summed E-state index contributed by atoms with van der Waals surface area (Å²) < 4.78 is 5.75. The normalized spacial score (nSPS) is 33.8. The molecular weight excluding hydrogens is 340 g/mol. The molecule has 2 unspecified atom stereocenters. The third kappa shape index (κ3) is 2.52. The summed E-state index contributed by atoms with van der Waals surface area (Å²) in [6.07, 6.45) is 8.94. The zero-order valence-corrected chi connectivity index (χ0v) is 15.2. The summed E-state index contributed by atoms with van der Waals surface area (Å²) in [5, 5.41) is 10.7. The molecule has 1 aromatic carbocycles. The second-order valence-corrected chi connectivity index (χ2v) is 8.84. The van der Waals surface area contributed by atoms with Gasteiger partial charge in [0.05, 0.1) is 17.3 Å². The molecule has 1 aromatic heterocycles. The predicted octanol–water partition coefficient (Wildman–Crippen LogP) is 3.81. The average molecular weight is 364 g/mol. The van der Waals surface area contributed by atoms with Gasteiger partial charge in [0.15, 0.2) is 0 Å². The summed E-state index contributed by atoms with van der Waals surface area (Å²) in [6, 6.07) is 9.16. The molecule has 0 aliphatic heterocycles. The number of phenolic OH excluding ortho intramolecular Hbond substituents is 1. The van der Waals surface area contributed by atoms with Crippen LogP contribution in [0.15, 0.2) is 42.7 Å². The molecule has 4 aliphatic rings. The van der Waals surface area contributed by atoms with Crippen LogP contribution in [0.2, 0.25) is 0 Å². The SMILES string of the molecule is Nc1cccc(C23CC4CC(CC(C(=O)Oc5cccnc5)(C4)C2)C3)c1O. The van der Waals surface area contributed by atoms with Crippen LogP contribution in [0.25, 0.3) is 0 Å². The number of carbonyl (C=O) groups excluding carboxylic acids is 1. The molecular formula is C22H24N2O3. The van der Waals surface area contributed by atoms with Crippen molar-refractivity contribution in [3.8, 4) is 11.5 Å². The van der Waals surface area contributed by atoms with Crippen molar-refractivity contribution in [2.45, 2.75) is 43.9 Å². The van der Waals surface area contributed by atoms with E-state index < -0.39 is 5.41 Å². The van der Waals surface area contributed by atoms with Gasteiger partial charge in [-0.2, -0.15) is 0 Å². The van der Waals surface area contributed by atoms with Crippen molar-refractivity contribution >= 4 is 11.7 Å². The first-order valence-corrected chi connectivity index (χ1v) is 9.70. The van der Waals surface area contributed by atoms with Crippen LogP contribution < -0.4 is 10.5 Å². The van der Waals surface area contributed by atoms with E-state index in [1.807, 2.05) is 12.1 Å². The van der Waals surface area contributed by atoms with Crippen LogP contribution in [0.5, 0.6) is 11.5 Å². The van der Waals surface area contributed by atoms with Crippen LogP contribution in [-0.4, -0.2) is 16.1 Å². The van der Waals surface area contributed by atoms with Crippen LogP contribution >= 0.6 is 0 Å². The molecule has 0 amide bonds.